The van der Waals surface area contributed by atoms with Gasteiger partial charge in [-0.15, -0.1) is 10.2 Å². The normalized spacial score (nSPS) is 11.9. The molecule has 8 heteroatoms. The summed E-state index contributed by atoms with van der Waals surface area (Å²) in [6, 6.07) is 22.0. The highest BCUT2D eigenvalue weighted by molar-refractivity contribution is 6.03. The Labute approximate surface area is 209 Å². The van der Waals surface area contributed by atoms with Crippen molar-refractivity contribution in [1.29, 1.82) is 0 Å². The minimum absolute atomic E-state index is 0.126. The zero-order valence-corrected chi connectivity index (χ0v) is 20.7. The Balaban J connectivity index is 1.24. The number of hydrogen-bond donors (Lipinski definition) is 2. The predicted molar refractivity (Wildman–Crippen MR) is 143 cm³/mol. The lowest BCUT2D eigenvalue weighted by atomic mass is 9.87. The second-order valence-corrected chi connectivity index (χ2v) is 9.52. The maximum absolute atomic E-state index is 6.02. The largest absolute Gasteiger partial charge is 0.493 e. The van der Waals surface area contributed by atoms with Crippen LogP contribution < -0.4 is 14.9 Å². The van der Waals surface area contributed by atoms with Crippen LogP contribution in [0.2, 0.25) is 0 Å². The average Bonchev–Trinajstić information content (AvgIpc) is 3.25. The Kier molecular flexibility index (Phi) is 6.25. The Morgan fingerprint density at radius 2 is 1.78 bits per heavy atom. The number of rotatable bonds is 7. The van der Waals surface area contributed by atoms with Gasteiger partial charge in [-0.1, -0.05) is 63.2 Å². The summed E-state index contributed by atoms with van der Waals surface area (Å²) < 4.78 is 11.6. The smallest absolute Gasteiger partial charge is 0.265 e. The van der Waals surface area contributed by atoms with Crippen molar-refractivity contribution >= 4 is 34.2 Å². The minimum atomic E-state index is 0.126. The predicted octanol–water partition coefficient (Wildman–Crippen LogP) is 5.84. The third-order valence-electron chi connectivity index (χ3n) is 5.90. The number of hydrazone groups is 1. The first-order chi connectivity index (χ1) is 17.4. The zero-order chi connectivity index (χ0) is 25.1. The Bertz CT molecular complexity index is 1530. The number of ether oxygens (including phenoxy) is 2. The van der Waals surface area contributed by atoms with E-state index in [-0.39, 0.29) is 5.41 Å². The third kappa shape index (κ3) is 4.98. The van der Waals surface area contributed by atoms with Crippen LogP contribution in [0, 0.1) is 0 Å². The molecule has 0 saturated heterocycles. The SMILES string of the molecule is COc1cc(/C=N/Nc2nnc3c(n2)[nH]c2ccccc23)ccc1OCc1ccc(C(C)(C)C)cc1. The standard InChI is InChI=1S/C28H28N6O2/c1-28(2,3)20-12-9-18(10-13-20)17-36-23-14-11-19(15-24(23)35-4)16-29-33-27-31-26-25(32-34-27)21-7-5-6-8-22(21)30-26/h5-16H,17H2,1-4H3,(H2,30,31,33,34)/b29-16+. The van der Waals surface area contributed by atoms with Crippen LogP contribution in [-0.2, 0) is 12.0 Å². The molecule has 0 aliphatic heterocycles. The van der Waals surface area contributed by atoms with E-state index in [9.17, 15) is 0 Å². The van der Waals surface area contributed by atoms with Crippen molar-refractivity contribution in [3.63, 3.8) is 0 Å². The van der Waals surface area contributed by atoms with E-state index in [0.29, 0.717) is 29.7 Å². The molecule has 3 aromatic carbocycles. The number of fused-ring (bicyclic) bond motifs is 3. The summed E-state index contributed by atoms with van der Waals surface area (Å²) in [6.45, 7) is 7.07. The summed E-state index contributed by atoms with van der Waals surface area (Å²) in [5.74, 6) is 1.59. The molecule has 0 fully saturated rings. The molecule has 0 saturated carbocycles. The van der Waals surface area contributed by atoms with E-state index in [0.717, 1.165) is 27.5 Å². The van der Waals surface area contributed by atoms with Crippen LogP contribution in [-0.4, -0.2) is 33.5 Å². The summed E-state index contributed by atoms with van der Waals surface area (Å²) in [5, 5.41) is 13.6. The highest BCUT2D eigenvalue weighted by atomic mass is 16.5. The number of methoxy groups -OCH3 is 1. The molecule has 2 heterocycles. The number of H-pyrrole nitrogens is 1. The average molecular weight is 481 g/mol. The Morgan fingerprint density at radius 3 is 2.56 bits per heavy atom. The van der Waals surface area contributed by atoms with Gasteiger partial charge in [0.2, 0.25) is 0 Å². The number of nitrogens with zero attached hydrogens (tertiary/aromatic N) is 4. The molecule has 0 unspecified atom stereocenters. The highest BCUT2D eigenvalue weighted by Gasteiger charge is 2.13. The number of benzene rings is 3. The molecule has 5 aromatic rings. The molecule has 5 rings (SSSR count). The lowest BCUT2D eigenvalue weighted by Gasteiger charge is -2.19. The van der Waals surface area contributed by atoms with E-state index in [1.165, 1.54) is 5.56 Å². The molecule has 0 spiro atoms. The van der Waals surface area contributed by atoms with Gasteiger partial charge in [-0.2, -0.15) is 10.1 Å². The number of nitrogens with one attached hydrogen (secondary N) is 2. The molecule has 0 aliphatic rings. The van der Waals surface area contributed by atoms with E-state index in [1.807, 2.05) is 42.5 Å². The van der Waals surface area contributed by atoms with Crippen LogP contribution in [0.3, 0.4) is 0 Å². The van der Waals surface area contributed by atoms with Crippen LogP contribution in [0.15, 0.2) is 71.8 Å². The van der Waals surface area contributed by atoms with Gasteiger partial charge >= 0.3 is 0 Å². The van der Waals surface area contributed by atoms with Crippen LogP contribution in [0.5, 0.6) is 11.5 Å². The molecular formula is C28H28N6O2. The van der Waals surface area contributed by atoms with Crippen molar-refractivity contribution in [3.05, 3.63) is 83.4 Å². The monoisotopic (exact) mass is 480 g/mol. The van der Waals surface area contributed by atoms with Gasteiger partial charge in [0.05, 0.1) is 13.3 Å². The molecule has 0 atom stereocenters. The lowest BCUT2D eigenvalue weighted by Crippen LogP contribution is -2.10. The molecule has 36 heavy (non-hydrogen) atoms. The Morgan fingerprint density at radius 1 is 0.972 bits per heavy atom. The summed E-state index contributed by atoms with van der Waals surface area (Å²) in [4.78, 5) is 7.71. The number of aromatic nitrogens is 4. The van der Waals surface area contributed by atoms with E-state index < -0.39 is 0 Å². The first-order valence-electron chi connectivity index (χ1n) is 11.7. The number of anilines is 1. The van der Waals surface area contributed by atoms with Gasteiger partial charge in [-0.05, 0) is 46.4 Å². The summed E-state index contributed by atoms with van der Waals surface area (Å²) in [6.07, 6.45) is 1.66. The first-order valence-corrected chi connectivity index (χ1v) is 11.7. The van der Waals surface area contributed by atoms with Crippen LogP contribution in [0.1, 0.15) is 37.5 Å². The van der Waals surface area contributed by atoms with Crippen molar-refractivity contribution in [1.82, 2.24) is 20.2 Å². The van der Waals surface area contributed by atoms with Crippen molar-refractivity contribution in [2.24, 2.45) is 5.10 Å². The molecule has 2 aromatic heterocycles. The van der Waals surface area contributed by atoms with Gasteiger partial charge in [0.15, 0.2) is 17.1 Å². The fourth-order valence-corrected chi connectivity index (χ4v) is 3.88. The van der Waals surface area contributed by atoms with Gasteiger partial charge in [-0.25, -0.2) is 5.43 Å². The van der Waals surface area contributed by atoms with Gasteiger partial charge < -0.3 is 14.5 Å². The van der Waals surface area contributed by atoms with Crippen molar-refractivity contribution in [2.75, 3.05) is 12.5 Å². The molecule has 182 valence electrons. The summed E-state index contributed by atoms with van der Waals surface area (Å²) >= 11 is 0. The van der Waals surface area contributed by atoms with Crippen LogP contribution in [0.25, 0.3) is 22.1 Å². The second-order valence-electron chi connectivity index (χ2n) is 9.52. The first kappa shape index (κ1) is 23.3. The number of para-hydroxylation sites is 1. The fourth-order valence-electron chi connectivity index (χ4n) is 3.88. The lowest BCUT2D eigenvalue weighted by molar-refractivity contribution is 0.284. The molecule has 0 bridgehead atoms. The van der Waals surface area contributed by atoms with Crippen molar-refractivity contribution in [3.8, 4) is 11.5 Å². The van der Waals surface area contributed by atoms with E-state index in [4.69, 9.17) is 9.47 Å². The Hall–Kier alpha value is -4.46. The quantitative estimate of drug-likeness (QED) is 0.224. The molecule has 0 amide bonds. The molecule has 8 nitrogen and oxygen atoms in total. The van der Waals surface area contributed by atoms with Crippen molar-refractivity contribution < 1.29 is 9.47 Å². The number of hydrogen-bond acceptors (Lipinski definition) is 7. The van der Waals surface area contributed by atoms with Gasteiger partial charge in [-0.3, -0.25) is 0 Å². The number of aromatic amines is 1. The molecule has 0 aliphatic carbocycles. The summed E-state index contributed by atoms with van der Waals surface area (Å²) in [7, 11) is 1.62. The third-order valence-corrected chi connectivity index (χ3v) is 5.90. The van der Waals surface area contributed by atoms with E-state index >= 15 is 0 Å². The molecular weight excluding hydrogens is 452 g/mol. The molecule has 0 radical (unpaired) electrons. The van der Waals surface area contributed by atoms with E-state index in [1.54, 1.807) is 13.3 Å². The zero-order valence-electron chi connectivity index (χ0n) is 20.7. The fraction of sp³-hybridized carbons (Fsp3) is 0.214. The second kappa shape index (κ2) is 9.65. The topological polar surface area (TPSA) is 97.3 Å². The molecule has 2 N–H and O–H groups in total. The van der Waals surface area contributed by atoms with Crippen LogP contribution in [0.4, 0.5) is 5.95 Å². The van der Waals surface area contributed by atoms with Gasteiger partial charge in [0, 0.05) is 10.9 Å². The minimum Gasteiger partial charge on any atom is -0.493 e. The van der Waals surface area contributed by atoms with E-state index in [2.05, 4.69) is 75.7 Å². The summed E-state index contributed by atoms with van der Waals surface area (Å²) in [5.41, 5.74) is 8.53. The van der Waals surface area contributed by atoms with Gasteiger partial charge in [0.1, 0.15) is 12.1 Å². The highest BCUT2D eigenvalue weighted by Crippen LogP contribution is 2.29. The van der Waals surface area contributed by atoms with Crippen LogP contribution >= 0.6 is 0 Å². The van der Waals surface area contributed by atoms with Gasteiger partial charge in [0.25, 0.3) is 5.95 Å². The maximum Gasteiger partial charge on any atom is 0.265 e. The maximum atomic E-state index is 6.02. The van der Waals surface area contributed by atoms with Crippen molar-refractivity contribution in [2.45, 2.75) is 32.8 Å².